The van der Waals surface area contributed by atoms with Gasteiger partial charge in [0.05, 0.1) is 25.7 Å². The third-order valence-electron chi connectivity index (χ3n) is 6.59. The summed E-state index contributed by atoms with van der Waals surface area (Å²) in [5, 5.41) is 9.41. The first kappa shape index (κ1) is 30.0. The van der Waals surface area contributed by atoms with Gasteiger partial charge in [-0.1, -0.05) is 42.5 Å². The maximum atomic E-state index is 13.5. The summed E-state index contributed by atoms with van der Waals surface area (Å²) in [4.78, 5) is 43.2. The minimum atomic E-state index is -0.496. The highest BCUT2D eigenvalue weighted by atomic mass is 32.2. The third kappa shape index (κ3) is 7.47. The molecule has 0 aliphatic carbocycles. The molecule has 0 bridgehead atoms. The standard InChI is InChI=1S/C34H30N4O5S/c1-42-25-15-16-31(43-2)29(19-25)37-32(39)21-44-26-12-8-11-24(18-26)36-34(41)30(38-33(40)22-9-4-3-5-10-22)17-23-20-35-28-14-7-6-13-27(23)28/h3-20,35H,21H2,1-2H3,(H,36,41)(H,37,39)(H,38,40)/b30-17-. The van der Waals surface area contributed by atoms with Gasteiger partial charge >= 0.3 is 0 Å². The van der Waals surface area contributed by atoms with Crippen LogP contribution in [-0.2, 0) is 9.59 Å². The minimum absolute atomic E-state index is 0.0771. The first-order valence-electron chi connectivity index (χ1n) is 13.6. The van der Waals surface area contributed by atoms with E-state index in [-0.39, 0.29) is 17.4 Å². The Kier molecular flexibility index (Phi) is 9.63. The van der Waals surface area contributed by atoms with E-state index in [2.05, 4.69) is 20.9 Å². The number of fused-ring (bicyclic) bond motifs is 1. The number of aromatic nitrogens is 1. The van der Waals surface area contributed by atoms with Crippen molar-refractivity contribution < 1.29 is 23.9 Å². The monoisotopic (exact) mass is 606 g/mol. The Morgan fingerprint density at radius 3 is 2.43 bits per heavy atom. The number of nitrogens with one attached hydrogen (secondary N) is 4. The van der Waals surface area contributed by atoms with Crippen LogP contribution in [0.3, 0.4) is 0 Å². The molecule has 0 atom stereocenters. The van der Waals surface area contributed by atoms with Crippen LogP contribution in [-0.4, -0.2) is 42.7 Å². The van der Waals surface area contributed by atoms with Gasteiger partial charge in [0, 0.05) is 44.9 Å². The van der Waals surface area contributed by atoms with E-state index in [4.69, 9.17) is 9.47 Å². The van der Waals surface area contributed by atoms with Gasteiger partial charge in [-0.25, -0.2) is 0 Å². The van der Waals surface area contributed by atoms with E-state index in [1.165, 1.54) is 18.9 Å². The Hall–Kier alpha value is -5.48. The van der Waals surface area contributed by atoms with Gasteiger partial charge in [0.25, 0.3) is 11.8 Å². The molecule has 0 radical (unpaired) electrons. The fourth-order valence-corrected chi connectivity index (χ4v) is 5.18. The highest BCUT2D eigenvalue weighted by molar-refractivity contribution is 8.00. The van der Waals surface area contributed by atoms with Crippen LogP contribution in [0, 0.1) is 0 Å². The Morgan fingerprint density at radius 1 is 0.841 bits per heavy atom. The quantitative estimate of drug-likeness (QED) is 0.103. The van der Waals surface area contributed by atoms with Gasteiger partial charge in [-0.2, -0.15) is 0 Å². The molecule has 0 aliphatic rings. The fourth-order valence-electron chi connectivity index (χ4n) is 4.42. The lowest BCUT2D eigenvalue weighted by atomic mass is 10.1. The molecule has 5 rings (SSSR count). The predicted octanol–water partition coefficient (Wildman–Crippen LogP) is 6.33. The zero-order valence-electron chi connectivity index (χ0n) is 24.0. The van der Waals surface area contributed by atoms with Crippen LogP contribution in [0.15, 0.2) is 114 Å². The van der Waals surface area contributed by atoms with Gasteiger partial charge in [-0.15, -0.1) is 11.8 Å². The molecule has 0 fully saturated rings. The molecule has 0 saturated carbocycles. The normalized spacial score (nSPS) is 11.1. The molecular weight excluding hydrogens is 576 g/mol. The van der Waals surface area contributed by atoms with Crippen LogP contribution >= 0.6 is 11.8 Å². The third-order valence-corrected chi connectivity index (χ3v) is 7.59. The van der Waals surface area contributed by atoms with Crippen LogP contribution < -0.4 is 25.4 Å². The molecule has 222 valence electrons. The second kappa shape index (κ2) is 14.1. The molecule has 1 aromatic heterocycles. The summed E-state index contributed by atoms with van der Waals surface area (Å²) in [6.07, 6.45) is 3.43. The molecule has 1 heterocycles. The second-order valence-electron chi connectivity index (χ2n) is 9.55. The summed E-state index contributed by atoms with van der Waals surface area (Å²) in [6.45, 7) is 0. The molecule has 9 nitrogen and oxygen atoms in total. The largest absolute Gasteiger partial charge is 0.497 e. The molecule has 5 aromatic rings. The van der Waals surface area contributed by atoms with E-state index in [1.54, 1.807) is 80.0 Å². The van der Waals surface area contributed by atoms with Gasteiger partial charge in [-0.05, 0) is 54.6 Å². The number of carbonyl (C=O) groups is 3. The minimum Gasteiger partial charge on any atom is -0.497 e. The number of hydrogen-bond acceptors (Lipinski definition) is 6. The van der Waals surface area contributed by atoms with Crippen molar-refractivity contribution in [2.75, 3.05) is 30.6 Å². The van der Waals surface area contributed by atoms with Gasteiger partial charge in [-0.3, -0.25) is 14.4 Å². The summed E-state index contributed by atoms with van der Waals surface area (Å²) < 4.78 is 10.6. The highest BCUT2D eigenvalue weighted by Crippen LogP contribution is 2.30. The number of rotatable bonds is 11. The molecule has 3 amide bonds. The highest BCUT2D eigenvalue weighted by Gasteiger charge is 2.17. The van der Waals surface area contributed by atoms with E-state index in [0.29, 0.717) is 28.4 Å². The zero-order chi connectivity index (χ0) is 30.9. The van der Waals surface area contributed by atoms with Crippen LogP contribution in [0.25, 0.3) is 17.0 Å². The number of methoxy groups -OCH3 is 2. The lowest BCUT2D eigenvalue weighted by Gasteiger charge is -2.13. The summed E-state index contributed by atoms with van der Waals surface area (Å²) in [7, 11) is 3.08. The molecule has 0 spiro atoms. The van der Waals surface area contributed by atoms with Crippen LogP contribution in [0.1, 0.15) is 15.9 Å². The molecule has 0 unspecified atom stereocenters. The Labute approximate surface area is 258 Å². The number of amides is 3. The number of benzene rings is 4. The van der Waals surface area contributed by atoms with Crippen molar-refractivity contribution in [1.29, 1.82) is 0 Å². The van der Waals surface area contributed by atoms with E-state index in [9.17, 15) is 14.4 Å². The summed E-state index contributed by atoms with van der Waals surface area (Å²) in [5.41, 5.74) is 3.18. The van der Waals surface area contributed by atoms with Crippen molar-refractivity contribution in [2.24, 2.45) is 0 Å². The summed E-state index contributed by atoms with van der Waals surface area (Å²) in [5.74, 6) is 0.0966. The van der Waals surface area contributed by atoms with Gasteiger partial charge < -0.3 is 30.4 Å². The smallest absolute Gasteiger partial charge is 0.272 e. The van der Waals surface area contributed by atoms with Gasteiger partial charge in [0.1, 0.15) is 17.2 Å². The number of aromatic amines is 1. The van der Waals surface area contributed by atoms with Gasteiger partial charge in [0.15, 0.2) is 0 Å². The first-order valence-corrected chi connectivity index (χ1v) is 14.6. The zero-order valence-corrected chi connectivity index (χ0v) is 24.9. The summed E-state index contributed by atoms with van der Waals surface area (Å²) in [6, 6.07) is 28.7. The summed E-state index contributed by atoms with van der Waals surface area (Å²) >= 11 is 1.31. The van der Waals surface area contributed by atoms with Crippen LogP contribution in [0.5, 0.6) is 11.5 Å². The number of ether oxygens (including phenoxy) is 2. The Balaban J connectivity index is 1.30. The first-order chi connectivity index (χ1) is 21.4. The second-order valence-corrected chi connectivity index (χ2v) is 10.6. The maximum Gasteiger partial charge on any atom is 0.272 e. The fraction of sp³-hybridized carbons (Fsp3) is 0.0882. The average Bonchev–Trinajstić information content (AvgIpc) is 3.46. The van der Waals surface area contributed by atoms with E-state index in [1.807, 2.05) is 36.4 Å². The number of para-hydroxylation sites is 1. The molecule has 44 heavy (non-hydrogen) atoms. The van der Waals surface area contributed by atoms with Crippen molar-refractivity contribution in [2.45, 2.75) is 4.90 Å². The molecular formula is C34H30N4O5S. The van der Waals surface area contributed by atoms with E-state index >= 15 is 0 Å². The number of anilines is 2. The van der Waals surface area contributed by atoms with Crippen molar-refractivity contribution >= 4 is 57.8 Å². The van der Waals surface area contributed by atoms with E-state index < -0.39 is 11.8 Å². The molecule has 0 saturated heterocycles. The molecule has 0 aliphatic heterocycles. The van der Waals surface area contributed by atoms with Crippen molar-refractivity contribution in [3.63, 3.8) is 0 Å². The van der Waals surface area contributed by atoms with Crippen LogP contribution in [0.2, 0.25) is 0 Å². The Bertz CT molecular complexity index is 1830. The number of carbonyl (C=O) groups excluding carboxylic acids is 3. The Morgan fingerprint density at radius 2 is 1.64 bits per heavy atom. The molecule has 4 N–H and O–H groups in total. The number of thioether (sulfide) groups is 1. The SMILES string of the molecule is COc1ccc(OC)c(NC(=O)CSc2cccc(NC(=O)/C(=C/c3c[nH]c4ccccc34)NC(=O)c3ccccc3)c2)c1. The number of H-pyrrole nitrogens is 1. The maximum absolute atomic E-state index is 13.5. The average molecular weight is 607 g/mol. The molecule has 10 heteroatoms. The number of hydrogen-bond donors (Lipinski definition) is 4. The predicted molar refractivity (Wildman–Crippen MR) is 174 cm³/mol. The van der Waals surface area contributed by atoms with Crippen molar-refractivity contribution in [3.05, 3.63) is 120 Å². The van der Waals surface area contributed by atoms with E-state index in [0.717, 1.165) is 21.4 Å². The van der Waals surface area contributed by atoms with Crippen molar-refractivity contribution in [1.82, 2.24) is 10.3 Å². The van der Waals surface area contributed by atoms with Crippen molar-refractivity contribution in [3.8, 4) is 11.5 Å². The molecule has 4 aromatic carbocycles. The van der Waals surface area contributed by atoms with Gasteiger partial charge in [0.2, 0.25) is 5.91 Å². The topological polar surface area (TPSA) is 122 Å². The lowest BCUT2D eigenvalue weighted by molar-refractivity contribution is -0.114. The lowest BCUT2D eigenvalue weighted by Crippen LogP contribution is -2.30. The van der Waals surface area contributed by atoms with Crippen LogP contribution in [0.4, 0.5) is 11.4 Å².